The molecular weight excluding hydrogens is 390 g/mol. The smallest absolute Gasteiger partial charge is 0.257 e. The minimum absolute atomic E-state index is 0.0172. The summed E-state index contributed by atoms with van der Waals surface area (Å²) in [5.41, 5.74) is 4.10. The molecule has 1 fully saturated rings. The van der Waals surface area contributed by atoms with Crippen molar-refractivity contribution in [2.24, 2.45) is 0 Å². The molecule has 0 N–H and O–H groups in total. The third-order valence-corrected chi connectivity index (χ3v) is 5.68. The van der Waals surface area contributed by atoms with Crippen LogP contribution in [0.1, 0.15) is 28.9 Å². The van der Waals surface area contributed by atoms with Gasteiger partial charge in [0, 0.05) is 25.9 Å². The van der Waals surface area contributed by atoms with Gasteiger partial charge in [0.2, 0.25) is 5.88 Å². The molecule has 1 amide bonds. The SMILES string of the molecule is Cc1c(C(=O)N2CCC(Oc3cnc4ccccc4n3)CC2)cnn1-c1ccccc1. The molecule has 1 aliphatic rings. The van der Waals surface area contributed by atoms with Gasteiger partial charge in [-0.15, -0.1) is 0 Å². The summed E-state index contributed by atoms with van der Waals surface area (Å²) in [5, 5.41) is 4.43. The lowest BCUT2D eigenvalue weighted by Crippen LogP contribution is -2.42. The highest BCUT2D eigenvalue weighted by molar-refractivity contribution is 5.95. The van der Waals surface area contributed by atoms with Crippen LogP contribution in [-0.2, 0) is 0 Å². The molecular formula is C24H23N5O2. The van der Waals surface area contributed by atoms with E-state index in [1.165, 1.54) is 0 Å². The first-order chi connectivity index (χ1) is 15.2. The van der Waals surface area contributed by atoms with E-state index in [-0.39, 0.29) is 12.0 Å². The van der Waals surface area contributed by atoms with Crippen molar-refractivity contribution in [3.63, 3.8) is 0 Å². The van der Waals surface area contributed by atoms with Gasteiger partial charge < -0.3 is 9.64 Å². The first-order valence-electron chi connectivity index (χ1n) is 10.5. The summed E-state index contributed by atoms with van der Waals surface area (Å²) < 4.78 is 7.86. The summed E-state index contributed by atoms with van der Waals surface area (Å²) in [4.78, 5) is 23.9. The largest absolute Gasteiger partial charge is 0.473 e. The van der Waals surface area contributed by atoms with E-state index in [0.717, 1.165) is 35.3 Å². The molecule has 0 saturated carbocycles. The highest BCUT2D eigenvalue weighted by atomic mass is 16.5. The summed E-state index contributed by atoms with van der Waals surface area (Å²) >= 11 is 0. The molecule has 2 aromatic heterocycles. The number of piperidine rings is 1. The topological polar surface area (TPSA) is 73.1 Å². The molecule has 0 bridgehead atoms. The van der Waals surface area contributed by atoms with E-state index in [4.69, 9.17) is 4.74 Å². The molecule has 0 aliphatic carbocycles. The zero-order valence-corrected chi connectivity index (χ0v) is 17.3. The fourth-order valence-corrected chi connectivity index (χ4v) is 3.96. The zero-order chi connectivity index (χ0) is 21.2. The van der Waals surface area contributed by atoms with Crippen LogP contribution in [0.2, 0.25) is 0 Å². The summed E-state index contributed by atoms with van der Waals surface area (Å²) in [6.07, 6.45) is 4.87. The average molecular weight is 413 g/mol. The number of hydrogen-bond donors (Lipinski definition) is 0. The number of nitrogens with zero attached hydrogens (tertiary/aromatic N) is 5. The number of hydrogen-bond acceptors (Lipinski definition) is 5. The number of aromatic nitrogens is 4. The van der Waals surface area contributed by atoms with Crippen molar-refractivity contribution in [1.82, 2.24) is 24.6 Å². The normalized spacial score (nSPS) is 14.7. The second-order valence-electron chi connectivity index (χ2n) is 7.70. The molecule has 0 unspecified atom stereocenters. The number of fused-ring (bicyclic) bond motifs is 1. The maximum absolute atomic E-state index is 13.1. The quantitative estimate of drug-likeness (QED) is 0.509. The number of ether oxygens (including phenoxy) is 1. The van der Waals surface area contributed by atoms with Crippen molar-refractivity contribution in [1.29, 1.82) is 0 Å². The van der Waals surface area contributed by atoms with Crippen molar-refractivity contribution >= 4 is 16.9 Å². The minimum atomic E-state index is 0.0172. The Morgan fingerprint density at radius 3 is 2.45 bits per heavy atom. The Labute approximate surface area is 180 Å². The number of carbonyl (C=O) groups is 1. The second kappa shape index (κ2) is 8.18. The van der Waals surface area contributed by atoms with Gasteiger partial charge in [-0.2, -0.15) is 5.10 Å². The predicted molar refractivity (Wildman–Crippen MR) is 117 cm³/mol. The summed E-state index contributed by atoms with van der Waals surface area (Å²) in [6, 6.07) is 17.6. The molecule has 0 radical (unpaired) electrons. The Morgan fingerprint density at radius 1 is 0.968 bits per heavy atom. The maximum Gasteiger partial charge on any atom is 0.257 e. The van der Waals surface area contributed by atoms with E-state index in [9.17, 15) is 4.79 Å². The van der Waals surface area contributed by atoms with Gasteiger partial charge >= 0.3 is 0 Å². The number of carbonyl (C=O) groups excluding carboxylic acids is 1. The van der Waals surface area contributed by atoms with E-state index in [0.29, 0.717) is 24.5 Å². The van der Waals surface area contributed by atoms with E-state index in [2.05, 4.69) is 15.1 Å². The van der Waals surface area contributed by atoms with Crippen LogP contribution >= 0.6 is 0 Å². The molecule has 0 atom stereocenters. The van der Waals surface area contributed by atoms with Crippen molar-refractivity contribution in [2.45, 2.75) is 25.9 Å². The standard InChI is InChI=1S/C24H23N5O2/c1-17-20(15-26-29(17)18-7-3-2-4-8-18)24(30)28-13-11-19(12-14-28)31-23-16-25-21-9-5-6-10-22(21)27-23/h2-10,15-16,19H,11-14H2,1H3. The Morgan fingerprint density at radius 2 is 1.68 bits per heavy atom. The van der Waals surface area contributed by atoms with Crippen LogP contribution in [-0.4, -0.2) is 49.7 Å². The maximum atomic E-state index is 13.1. The van der Waals surface area contributed by atoms with Crippen LogP contribution in [0, 0.1) is 6.92 Å². The van der Waals surface area contributed by atoms with E-state index < -0.39 is 0 Å². The highest BCUT2D eigenvalue weighted by Gasteiger charge is 2.27. The van der Waals surface area contributed by atoms with Gasteiger partial charge in [-0.25, -0.2) is 14.6 Å². The monoisotopic (exact) mass is 413 g/mol. The van der Waals surface area contributed by atoms with Crippen LogP contribution in [0.25, 0.3) is 16.7 Å². The van der Waals surface area contributed by atoms with E-state index in [1.54, 1.807) is 12.4 Å². The molecule has 31 heavy (non-hydrogen) atoms. The minimum Gasteiger partial charge on any atom is -0.473 e. The molecule has 156 valence electrons. The molecule has 7 heteroatoms. The first-order valence-corrected chi connectivity index (χ1v) is 10.5. The molecule has 3 heterocycles. The van der Waals surface area contributed by atoms with Crippen LogP contribution in [0.5, 0.6) is 5.88 Å². The summed E-state index contributed by atoms with van der Waals surface area (Å²) in [6.45, 7) is 3.21. The highest BCUT2D eigenvalue weighted by Crippen LogP contribution is 2.22. The van der Waals surface area contributed by atoms with Crippen molar-refractivity contribution in [3.8, 4) is 11.6 Å². The molecule has 5 rings (SSSR count). The van der Waals surface area contributed by atoms with Crippen molar-refractivity contribution in [3.05, 3.63) is 78.2 Å². The summed E-state index contributed by atoms with van der Waals surface area (Å²) in [5.74, 6) is 0.548. The van der Waals surface area contributed by atoms with Gasteiger partial charge in [-0.1, -0.05) is 30.3 Å². The van der Waals surface area contributed by atoms with Crippen LogP contribution in [0.15, 0.2) is 67.0 Å². The lowest BCUT2D eigenvalue weighted by atomic mass is 10.1. The fourth-order valence-electron chi connectivity index (χ4n) is 3.96. The Balaban J connectivity index is 1.23. The number of amides is 1. The van der Waals surface area contributed by atoms with Crippen LogP contribution < -0.4 is 4.74 Å². The van der Waals surface area contributed by atoms with Crippen molar-refractivity contribution in [2.75, 3.05) is 13.1 Å². The Kier molecular flexibility index (Phi) is 5.08. The number of benzene rings is 2. The van der Waals surface area contributed by atoms with Gasteiger partial charge in [0.1, 0.15) is 6.10 Å². The molecule has 1 aliphatic heterocycles. The first kappa shape index (κ1) is 19.2. The van der Waals surface area contributed by atoms with Gasteiger partial charge in [-0.3, -0.25) is 4.79 Å². The molecule has 0 spiro atoms. The molecule has 7 nitrogen and oxygen atoms in total. The lowest BCUT2D eigenvalue weighted by molar-refractivity contribution is 0.0587. The number of rotatable bonds is 4. The Hall–Kier alpha value is -3.74. The van der Waals surface area contributed by atoms with Gasteiger partial charge in [0.05, 0.1) is 40.4 Å². The third-order valence-electron chi connectivity index (χ3n) is 5.68. The molecule has 1 saturated heterocycles. The van der Waals surface area contributed by atoms with Crippen LogP contribution in [0.4, 0.5) is 0 Å². The third kappa shape index (κ3) is 3.86. The van der Waals surface area contributed by atoms with Gasteiger partial charge in [0.25, 0.3) is 5.91 Å². The number of likely N-dealkylation sites (tertiary alicyclic amines) is 1. The van der Waals surface area contributed by atoms with E-state index in [1.807, 2.05) is 71.1 Å². The fraction of sp³-hybridized carbons (Fsp3) is 0.250. The van der Waals surface area contributed by atoms with Crippen LogP contribution in [0.3, 0.4) is 0 Å². The molecule has 4 aromatic rings. The summed E-state index contributed by atoms with van der Waals surface area (Å²) in [7, 11) is 0. The van der Waals surface area contributed by atoms with Gasteiger partial charge in [-0.05, 0) is 31.2 Å². The molecule has 2 aromatic carbocycles. The average Bonchev–Trinajstić information content (AvgIpc) is 3.21. The lowest BCUT2D eigenvalue weighted by Gasteiger charge is -2.31. The van der Waals surface area contributed by atoms with Crippen molar-refractivity contribution < 1.29 is 9.53 Å². The number of para-hydroxylation sites is 3. The Bertz CT molecular complexity index is 1210. The van der Waals surface area contributed by atoms with Gasteiger partial charge in [0.15, 0.2) is 0 Å². The predicted octanol–water partition coefficient (Wildman–Crippen LogP) is 3.81. The van der Waals surface area contributed by atoms with E-state index >= 15 is 0 Å². The second-order valence-corrected chi connectivity index (χ2v) is 7.70. The zero-order valence-electron chi connectivity index (χ0n) is 17.3.